The van der Waals surface area contributed by atoms with E-state index in [-0.39, 0.29) is 0 Å². The summed E-state index contributed by atoms with van der Waals surface area (Å²) in [5.41, 5.74) is 2.19. The zero-order valence-corrected chi connectivity index (χ0v) is 17.5. The molecule has 0 radical (unpaired) electrons. The highest BCUT2D eigenvalue weighted by Gasteiger charge is 2.20. The third-order valence-corrected chi connectivity index (χ3v) is 5.74. The molecule has 0 spiro atoms. The molecule has 0 unspecified atom stereocenters. The molecule has 8 heteroatoms. The summed E-state index contributed by atoms with van der Waals surface area (Å²) in [6, 6.07) is 16.3. The summed E-state index contributed by atoms with van der Waals surface area (Å²) in [6.07, 6.45) is 0. The first-order chi connectivity index (χ1) is 14.7. The van der Waals surface area contributed by atoms with Crippen molar-refractivity contribution >= 4 is 12.2 Å². The molecular weight excluding hydrogens is 400 g/mol. The van der Waals surface area contributed by atoms with Crippen molar-refractivity contribution in [1.82, 2.24) is 19.6 Å². The van der Waals surface area contributed by atoms with E-state index in [1.165, 1.54) is 5.56 Å². The lowest BCUT2D eigenvalue weighted by molar-refractivity contribution is 0.0974. The van der Waals surface area contributed by atoms with E-state index in [0.717, 1.165) is 44.0 Å². The summed E-state index contributed by atoms with van der Waals surface area (Å²) >= 11 is 5.41. The van der Waals surface area contributed by atoms with Gasteiger partial charge in [0.2, 0.25) is 5.89 Å². The highest BCUT2D eigenvalue weighted by Crippen LogP contribution is 2.34. The van der Waals surface area contributed by atoms with E-state index in [1.807, 2.05) is 18.2 Å². The van der Waals surface area contributed by atoms with Crippen LogP contribution in [0.5, 0.6) is 11.5 Å². The highest BCUT2D eigenvalue weighted by molar-refractivity contribution is 7.71. The number of fused-ring (bicyclic) bond motifs is 1. The molecule has 2 aromatic carbocycles. The van der Waals surface area contributed by atoms with Gasteiger partial charge in [0.15, 0.2) is 11.5 Å². The Kier molecular flexibility index (Phi) is 5.52. The Morgan fingerprint density at radius 1 is 0.867 bits per heavy atom. The van der Waals surface area contributed by atoms with Crippen LogP contribution >= 0.6 is 12.2 Å². The van der Waals surface area contributed by atoms with Gasteiger partial charge in [-0.1, -0.05) is 30.3 Å². The van der Waals surface area contributed by atoms with Crippen molar-refractivity contribution in [2.24, 2.45) is 0 Å². The Hall–Kier alpha value is -2.68. The third kappa shape index (κ3) is 4.26. The van der Waals surface area contributed by atoms with Crippen LogP contribution in [0.25, 0.3) is 11.5 Å². The second kappa shape index (κ2) is 8.59. The lowest BCUT2D eigenvalue weighted by Gasteiger charge is -2.34. The number of piperazine rings is 1. The molecule has 0 aliphatic carbocycles. The second-order valence-electron chi connectivity index (χ2n) is 7.55. The van der Waals surface area contributed by atoms with Crippen molar-refractivity contribution in [3.8, 4) is 23.0 Å². The maximum Gasteiger partial charge on any atom is 0.288 e. The van der Waals surface area contributed by atoms with Gasteiger partial charge in [0.05, 0.1) is 6.67 Å². The van der Waals surface area contributed by atoms with Gasteiger partial charge in [0.25, 0.3) is 4.84 Å². The van der Waals surface area contributed by atoms with Crippen molar-refractivity contribution in [1.29, 1.82) is 0 Å². The number of ether oxygens (including phenoxy) is 2. The smallest absolute Gasteiger partial charge is 0.288 e. The van der Waals surface area contributed by atoms with E-state index in [4.69, 9.17) is 26.1 Å². The molecule has 2 aliphatic rings. The van der Waals surface area contributed by atoms with Crippen LogP contribution in [0.15, 0.2) is 52.9 Å². The fraction of sp³-hybridized carbons (Fsp3) is 0.364. The molecule has 0 bridgehead atoms. The van der Waals surface area contributed by atoms with Gasteiger partial charge < -0.3 is 13.9 Å². The normalized spacial score (nSPS) is 17.2. The standard InChI is InChI=1S/C22H24N4O3S/c30-22-26(16-25-10-8-24(9-11-25)15-17-4-2-1-3-5-17)23-21(29-22)18-6-7-19-20(14-18)28-13-12-27-19/h1-7,14H,8-13,15-16H2. The van der Waals surface area contributed by atoms with Gasteiger partial charge in [0.1, 0.15) is 13.2 Å². The summed E-state index contributed by atoms with van der Waals surface area (Å²) in [5.74, 6) is 1.96. The monoisotopic (exact) mass is 424 g/mol. The Morgan fingerprint density at radius 2 is 1.60 bits per heavy atom. The van der Waals surface area contributed by atoms with Crippen LogP contribution in [0, 0.1) is 4.84 Å². The van der Waals surface area contributed by atoms with Crippen molar-refractivity contribution in [3.05, 3.63) is 58.9 Å². The maximum atomic E-state index is 5.77. The topological polar surface area (TPSA) is 55.9 Å². The molecular formula is C22H24N4O3S. The van der Waals surface area contributed by atoms with Gasteiger partial charge in [-0.3, -0.25) is 9.80 Å². The van der Waals surface area contributed by atoms with E-state index >= 15 is 0 Å². The molecule has 156 valence electrons. The zero-order valence-electron chi connectivity index (χ0n) is 16.7. The number of nitrogens with zero attached hydrogens (tertiary/aromatic N) is 4. The maximum absolute atomic E-state index is 5.77. The lowest BCUT2D eigenvalue weighted by Crippen LogP contribution is -2.46. The van der Waals surface area contributed by atoms with Gasteiger partial charge in [-0.2, -0.15) is 0 Å². The number of rotatable bonds is 5. The lowest BCUT2D eigenvalue weighted by atomic mass is 10.2. The van der Waals surface area contributed by atoms with Gasteiger partial charge in [-0.15, -0.1) is 5.10 Å². The number of aromatic nitrogens is 2. The van der Waals surface area contributed by atoms with Crippen LogP contribution < -0.4 is 9.47 Å². The van der Waals surface area contributed by atoms with Crippen LogP contribution in [-0.2, 0) is 13.2 Å². The summed E-state index contributed by atoms with van der Waals surface area (Å²) in [6.45, 7) is 6.73. The minimum atomic E-state index is 0.381. The Balaban J connectivity index is 1.22. The molecule has 7 nitrogen and oxygen atoms in total. The van der Waals surface area contributed by atoms with Crippen molar-refractivity contribution < 1.29 is 13.9 Å². The fourth-order valence-electron chi connectivity index (χ4n) is 3.81. The molecule has 0 N–H and O–H groups in total. The van der Waals surface area contributed by atoms with Gasteiger partial charge in [0, 0.05) is 38.3 Å². The van der Waals surface area contributed by atoms with E-state index in [1.54, 1.807) is 4.68 Å². The predicted octanol–water partition coefficient (Wildman–Crippen LogP) is 3.42. The third-order valence-electron chi connectivity index (χ3n) is 5.44. The molecule has 30 heavy (non-hydrogen) atoms. The van der Waals surface area contributed by atoms with Crippen molar-refractivity contribution in [2.75, 3.05) is 39.4 Å². The van der Waals surface area contributed by atoms with E-state index < -0.39 is 0 Å². The second-order valence-corrected chi connectivity index (χ2v) is 7.90. The Morgan fingerprint density at radius 3 is 2.40 bits per heavy atom. The minimum absolute atomic E-state index is 0.381. The first kappa shape index (κ1) is 19.3. The van der Waals surface area contributed by atoms with E-state index in [0.29, 0.717) is 36.4 Å². The quantitative estimate of drug-likeness (QED) is 0.582. The molecule has 2 aliphatic heterocycles. The number of benzene rings is 2. The van der Waals surface area contributed by atoms with Crippen molar-refractivity contribution in [2.45, 2.75) is 13.2 Å². The average Bonchev–Trinajstić information content (AvgIpc) is 3.15. The summed E-state index contributed by atoms with van der Waals surface area (Å²) in [7, 11) is 0. The van der Waals surface area contributed by atoms with Crippen LogP contribution in [0.4, 0.5) is 0 Å². The number of hydrogen-bond donors (Lipinski definition) is 0. The van der Waals surface area contributed by atoms with Gasteiger partial charge >= 0.3 is 0 Å². The van der Waals surface area contributed by atoms with Crippen LogP contribution in [-0.4, -0.2) is 59.0 Å². The fourth-order valence-corrected chi connectivity index (χ4v) is 3.99. The first-order valence-corrected chi connectivity index (χ1v) is 10.6. The summed E-state index contributed by atoms with van der Waals surface area (Å²) in [4.78, 5) is 5.22. The summed E-state index contributed by atoms with van der Waals surface area (Å²) in [5, 5.41) is 4.60. The average molecular weight is 425 g/mol. The molecule has 1 aromatic heterocycles. The molecule has 5 rings (SSSR count). The molecule has 1 saturated heterocycles. The Bertz CT molecular complexity index is 1060. The van der Waals surface area contributed by atoms with Crippen LogP contribution in [0.3, 0.4) is 0 Å². The van der Waals surface area contributed by atoms with Gasteiger partial charge in [-0.05, 0) is 36.0 Å². The minimum Gasteiger partial charge on any atom is -0.486 e. The molecule has 0 saturated carbocycles. The molecule has 3 aromatic rings. The predicted molar refractivity (Wildman–Crippen MR) is 115 cm³/mol. The van der Waals surface area contributed by atoms with Crippen LogP contribution in [0.2, 0.25) is 0 Å². The first-order valence-electron chi connectivity index (χ1n) is 10.2. The molecule has 0 amide bonds. The highest BCUT2D eigenvalue weighted by atomic mass is 32.1. The summed E-state index contributed by atoms with van der Waals surface area (Å²) < 4.78 is 18.8. The SMILES string of the molecule is S=c1oc(-c2ccc3c(c2)OCCO3)nn1CN1CCN(Cc2ccccc2)CC1. The molecule has 3 heterocycles. The van der Waals surface area contributed by atoms with Crippen molar-refractivity contribution in [3.63, 3.8) is 0 Å². The van der Waals surface area contributed by atoms with E-state index in [9.17, 15) is 0 Å². The zero-order chi connectivity index (χ0) is 20.3. The molecule has 0 atom stereocenters. The Labute approximate surface area is 180 Å². The molecule has 1 fully saturated rings. The van der Waals surface area contributed by atoms with E-state index in [2.05, 4.69) is 45.2 Å². The largest absolute Gasteiger partial charge is 0.486 e. The number of hydrogen-bond acceptors (Lipinski definition) is 7. The van der Waals surface area contributed by atoms with Crippen LogP contribution in [0.1, 0.15) is 5.56 Å². The van der Waals surface area contributed by atoms with Gasteiger partial charge in [-0.25, -0.2) is 4.68 Å².